The zero-order valence-electron chi connectivity index (χ0n) is 22.2. The Morgan fingerprint density at radius 3 is 2.48 bits per heavy atom. The second kappa shape index (κ2) is 11.5. The minimum absolute atomic E-state index is 0.146. The van der Waals surface area contributed by atoms with E-state index in [1.54, 1.807) is 36.4 Å². The Morgan fingerprint density at radius 1 is 1.07 bits per heavy atom. The van der Waals surface area contributed by atoms with Gasteiger partial charge in [0, 0.05) is 28.6 Å². The Morgan fingerprint density at radius 2 is 1.82 bits per heavy atom. The molecule has 5 rings (SSSR count). The van der Waals surface area contributed by atoms with Gasteiger partial charge >= 0.3 is 0 Å². The summed E-state index contributed by atoms with van der Waals surface area (Å²) in [5.74, 6) is -0.325. The second-order valence-corrected chi connectivity index (χ2v) is 12.5. The zero-order valence-corrected chi connectivity index (χ0v) is 23.1. The minimum Gasteiger partial charge on any atom is -0.394 e. The molecule has 1 fully saturated rings. The summed E-state index contributed by atoms with van der Waals surface area (Å²) in [6.45, 7) is 1.07. The monoisotopic (exact) mass is 566 g/mol. The van der Waals surface area contributed by atoms with Crippen LogP contribution in [0.15, 0.2) is 71.6 Å². The van der Waals surface area contributed by atoms with Gasteiger partial charge in [-0.3, -0.25) is 4.79 Å². The Bertz CT molecular complexity index is 1640. The minimum atomic E-state index is -3.36. The van der Waals surface area contributed by atoms with Gasteiger partial charge in [0.05, 0.1) is 29.8 Å². The zero-order chi connectivity index (χ0) is 28.4. The maximum atomic E-state index is 13.6. The van der Waals surface area contributed by atoms with Crippen LogP contribution in [-0.4, -0.2) is 43.0 Å². The molecule has 9 heteroatoms. The molecule has 2 N–H and O–H groups in total. The lowest BCUT2D eigenvalue weighted by Crippen LogP contribution is -2.30. The summed E-state index contributed by atoms with van der Waals surface area (Å²) in [4.78, 5) is 13.4. The van der Waals surface area contributed by atoms with Gasteiger partial charge in [0.1, 0.15) is 12.5 Å². The number of nitrogens with zero attached hydrogens (tertiary/aromatic N) is 1. The van der Waals surface area contributed by atoms with Gasteiger partial charge in [-0.1, -0.05) is 18.2 Å². The van der Waals surface area contributed by atoms with Crippen LogP contribution >= 0.6 is 0 Å². The number of sulfone groups is 1. The van der Waals surface area contributed by atoms with Crippen molar-refractivity contribution in [2.24, 2.45) is 5.92 Å². The van der Waals surface area contributed by atoms with Crippen LogP contribution in [0.5, 0.6) is 0 Å². The maximum absolute atomic E-state index is 13.6. The van der Waals surface area contributed by atoms with E-state index in [0.717, 1.165) is 40.6 Å². The van der Waals surface area contributed by atoms with Gasteiger partial charge < -0.3 is 15.0 Å². The molecule has 1 atom stereocenters. The number of benzene rings is 3. The summed E-state index contributed by atoms with van der Waals surface area (Å²) in [6, 6.07) is 17.2. The molecule has 0 aliphatic heterocycles. The van der Waals surface area contributed by atoms with Crippen molar-refractivity contribution in [1.29, 1.82) is 0 Å². The van der Waals surface area contributed by atoms with Crippen LogP contribution in [0.3, 0.4) is 0 Å². The number of carbonyl (C=O) groups is 1. The van der Waals surface area contributed by atoms with Crippen molar-refractivity contribution >= 4 is 26.6 Å². The third-order valence-corrected chi connectivity index (χ3v) is 9.42. The van der Waals surface area contributed by atoms with Gasteiger partial charge in [-0.15, -0.1) is 0 Å². The van der Waals surface area contributed by atoms with Crippen molar-refractivity contribution in [1.82, 2.24) is 9.88 Å². The molecule has 3 aromatic carbocycles. The average molecular weight is 567 g/mol. The lowest BCUT2D eigenvalue weighted by molar-refractivity contribution is 0.0916. The fraction of sp³-hybridized carbons (Fsp3) is 0.323. The van der Waals surface area contributed by atoms with Crippen LogP contribution in [0.25, 0.3) is 10.9 Å². The molecule has 1 aliphatic rings. The van der Waals surface area contributed by atoms with Gasteiger partial charge in [-0.05, 0) is 90.9 Å². The van der Waals surface area contributed by atoms with Crippen molar-refractivity contribution in [3.63, 3.8) is 0 Å². The predicted molar refractivity (Wildman–Crippen MR) is 150 cm³/mol. The molecule has 0 bridgehead atoms. The Balaban J connectivity index is 1.35. The predicted octanol–water partition coefficient (Wildman–Crippen LogP) is 5.30. The molecule has 1 heterocycles. The van der Waals surface area contributed by atoms with Gasteiger partial charge in [0.2, 0.25) is 0 Å². The van der Waals surface area contributed by atoms with Crippen molar-refractivity contribution in [2.45, 2.75) is 43.7 Å². The van der Waals surface area contributed by atoms with E-state index in [9.17, 15) is 27.1 Å². The first-order chi connectivity index (χ1) is 19.2. The smallest absolute Gasteiger partial charge is 0.251 e. The third-order valence-electron chi connectivity index (χ3n) is 7.52. The molecule has 0 unspecified atom stereocenters. The highest BCUT2D eigenvalue weighted by atomic mass is 32.2. The molecule has 6 nitrogen and oxygen atoms in total. The van der Waals surface area contributed by atoms with E-state index >= 15 is 0 Å². The first-order valence-corrected chi connectivity index (χ1v) is 15.0. The Hall–Kier alpha value is -3.56. The topological polar surface area (TPSA) is 88.4 Å². The van der Waals surface area contributed by atoms with Crippen molar-refractivity contribution in [3.05, 3.63) is 100 Å². The van der Waals surface area contributed by atoms with Crippen LogP contribution < -0.4 is 5.32 Å². The maximum Gasteiger partial charge on any atom is 0.251 e. The molecule has 0 spiro atoms. The normalized spacial score (nSPS) is 14.4. The van der Waals surface area contributed by atoms with Gasteiger partial charge in [-0.2, -0.15) is 0 Å². The van der Waals surface area contributed by atoms with E-state index < -0.39 is 28.5 Å². The molecule has 40 heavy (non-hydrogen) atoms. The highest BCUT2D eigenvalue weighted by Gasteiger charge is 2.29. The molecule has 4 aromatic rings. The van der Waals surface area contributed by atoms with Crippen LogP contribution in [0, 0.1) is 18.7 Å². The summed E-state index contributed by atoms with van der Waals surface area (Å²) in [6.07, 6.45) is 2.37. The number of aliphatic hydroxyl groups excluding tert-OH is 1. The molecule has 1 saturated carbocycles. The van der Waals surface area contributed by atoms with Crippen LogP contribution in [0.4, 0.5) is 8.78 Å². The number of aromatic nitrogens is 1. The summed E-state index contributed by atoms with van der Waals surface area (Å²) in [5.41, 5.74) is 4.33. The molecular weight excluding hydrogens is 534 g/mol. The van der Waals surface area contributed by atoms with E-state index in [0.29, 0.717) is 17.5 Å². The average Bonchev–Trinajstić information content (AvgIpc) is 3.68. The number of nitrogens with one attached hydrogen (secondary N) is 1. The number of halogens is 2. The molecular formula is C31H32F2N2O4S. The third kappa shape index (κ3) is 6.10. The van der Waals surface area contributed by atoms with Gasteiger partial charge in [-0.25, -0.2) is 17.2 Å². The number of hydrogen-bond donors (Lipinski definition) is 2. The summed E-state index contributed by atoms with van der Waals surface area (Å²) in [5, 5.41) is 13.6. The Kier molecular flexibility index (Phi) is 8.05. The lowest BCUT2D eigenvalue weighted by Gasteiger charge is -2.17. The fourth-order valence-corrected chi connectivity index (χ4v) is 6.79. The van der Waals surface area contributed by atoms with E-state index in [-0.39, 0.29) is 35.5 Å². The highest BCUT2D eigenvalue weighted by Crippen LogP contribution is 2.32. The standard InChI is InChI=1S/C31H32F2N2O4S/c1-20-14-26(33)8-4-23(20)16-27-17-25-15-24(7-11-30(25)35(27)13-12-32)31(37)34-29(18-36)22-5-9-28(10-6-22)40(38,39)19-21-2-3-21/h4-11,14-15,17,21,29,36H,2-3,12-13,16,18-19H2,1H3,(H,34,37)/t29-/m0/s1. The molecule has 1 aromatic heterocycles. The SMILES string of the molecule is Cc1cc(F)ccc1Cc1cc2cc(C(=O)N[C@@H](CO)c3ccc(S(=O)(=O)CC4CC4)cc3)ccc2n1CCF. The number of fused-ring (bicyclic) bond motifs is 1. The summed E-state index contributed by atoms with van der Waals surface area (Å²) < 4.78 is 54.0. The second-order valence-electron chi connectivity index (χ2n) is 10.5. The van der Waals surface area contributed by atoms with E-state index in [4.69, 9.17) is 0 Å². The first kappa shape index (κ1) is 28.0. The largest absolute Gasteiger partial charge is 0.394 e. The lowest BCUT2D eigenvalue weighted by atomic mass is 10.0. The quantitative estimate of drug-likeness (QED) is 0.258. The number of carbonyl (C=O) groups excluding carboxylic acids is 1. The van der Waals surface area contributed by atoms with Crippen LogP contribution in [-0.2, 0) is 22.8 Å². The number of amides is 1. The van der Waals surface area contributed by atoms with E-state index in [1.165, 1.54) is 24.3 Å². The summed E-state index contributed by atoms with van der Waals surface area (Å²) >= 11 is 0. The van der Waals surface area contributed by atoms with Crippen molar-refractivity contribution < 1.29 is 27.1 Å². The molecule has 1 amide bonds. The van der Waals surface area contributed by atoms with Crippen molar-refractivity contribution in [2.75, 3.05) is 19.0 Å². The first-order valence-electron chi connectivity index (χ1n) is 13.4. The number of aryl methyl sites for hydroxylation is 2. The van der Waals surface area contributed by atoms with E-state index in [1.807, 2.05) is 17.6 Å². The molecule has 1 aliphatic carbocycles. The van der Waals surface area contributed by atoms with Crippen LogP contribution in [0.2, 0.25) is 0 Å². The van der Waals surface area contributed by atoms with Crippen molar-refractivity contribution in [3.8, 4) is 0 Å². The van der Waals surface area contributed by atoms with Gasteiger partial charge in [0.25, 0.3) is 5.91 Å². The molecule has 0 radical (unpaired) electrons. The van der Waals surface area contributed by atoms with Gasteiger partial charge in [0.15, 0.2) is 9.84 Å². The molecule has 210 valence electrons. The number of hydrogen-bond acceptors (Lipinski definition) is 4. The number of alkyl halides is 1. The fourth-order valence-electron chi connectivity index (χ4n) is 5.09. The number of rotatable bonds is 11. The highest BCUT2D eigenvalue weighted by molar-refractivity contribution is 7.91. The number of aliphatic hydroxyl groups is 1. The molecule has 0 saturated heterocycles. The Labute approximate surface area is 232 Å². The van der Waals surface area contributed by atoms with Crippen LogP contribution in [0.1, 0.15) is 51.6 Å². The summed E-state index contributed by atoms with van der Waals surface area (Å²) in [7, 11) is -3.36. The van der Waals surface area contributed by atoms with E-state index in [2.05, 4.69) is 5.32 Å².